The Bertz CT molecular complexity index is 1360. The lowest BCUT2D eigenvalue weighted by Gasteiger charge is -2.12. The molecule has 0 saturated carbocycles. The molecule has 0 atom stereocenters. The van der Waals surface area contributed by atoms with Gasteiger partial charge in [-0.1, -0.05) is 12.2 Å². The number of nitrogens with one attached hydrogen (secondary N) is 1. The average Bonchev–Trinajstić information content (AvgIpc) is 3.47. The average molecular weight is 487 g/mol. The Morgan fingerprint density at radius 1 is 1.09 bits per heavy atom. The molecule has 1 N–H and O–H groups in total. The van der Waals surface area contributed by atoms with Crippen LogP contribution in [0.5, 0.6) is 0 Å². The predicted octanol–water partition coefficient (Wildman–Crippen LogP) is 1.68. The number of anilines is 1. The molecule has 3 aromatic heterocycles. The summed E-state index contributed by atoms with van der Waals surface area (Å²) in [5.41, 5.74) is -2.24. The van der Waals surface area contributed by atoms with E-state index in [4.69, 9.17) is 9.15 Å². The van der Waals surface area contributed by atoms with Crippen LogP contribution in [0.25, 0.3) is 11.3 Å². The second kappa shape index (κ2) is 10.6. The molecule has 0 bridgehead atoms. The summed E-state index contributed by atoms with van der Waals surface area (Å²) in [5.74, 6) is -1.03. The number of ether oxygens (including phenoxy) is 1. The van der Waals surface area contributed by atoms with E-state index in [-0.39, 0.29) is 30.3 Å². The van der Waals surface area contributed by atoms with Crippen LogP contribution in [0.15, 0.2) is 67.9 Å². The van der Waals surface area contributed by atoms with Crippen LogP contribution in [0.2, 0.25) is 0 Å². The number of amides is 1. The lowest BCUT2D eigenvalue weighted by molar-refractivity contribution is -0.116. The minimum atomic E-state index is -0.960. The lowest BCUT2D eigenvalue weighted by Crippen LogP contribution is -2.55. The first-order valence-corrected chi connectivity index (χ1v) is 11.0. The highest BCUT2D eigenvalue weighted by Gasteiger charge is 2.25. The number of nitrogens with zero attached hydrogens (tertiary/aromatic N) is 3. The van der Waals surface area contributed by atoms with Crippen molar-refractivity contribution in [3.63, 3.8) is 0 Å². The van der Waals surface area contributed by atoms with Gasteiger partial charge in [-0.15, -0.1) is 24.5 Å². The Kier molecular flexibility index (Phi) is 7.64. The zero-order chi connectivity index (χ0) is 24.8. The van der Waals surface area contributed by atoms with Gasteiger partial charge in [0.25, 0.3) is 0 Å². The van der Waals surface area contributed by atoms with Crippen molar-refractivity contribution in [3.05, 3.63) is 86.1 Å². The first-order chi connectivity index (χ1) is 16.3. The van der Waals surface area contributed by atoms with Gasteiger partial charge in [0.2, 0.25) is 5.91 Å². The summed E-state index contributed by atoms with van der Waals surface area (Å²) < 4.78 is 12.7. The van der Waals surface area contributed by atoms with Gasteiger partial charge < -0.3 is 14.5 Å². The summed E-state index contributed by atoms with van der Waals surface area (Å²) in [6.45, 7) is 7.77. The number of thiophene rings is 1. The summed E-state index contributed by atoms with van der Waals surface area (Å²) in [6.07, 6.45) is 4.09. The van der Waals surface area contributed by atoms with Crippen molar-refractivity contribution in [2.75, 3.05) is 11.9 Å². The van der Waals surface area contributed by atoms with Crippen LogP contribution in [0.4, 0.5) is 5.00 Å². The highest BCUT2D eigenvalue weighted by Crippen LogP contribution is 2.36. The van der Waals surface area contributed by atoms with Crippen LogP contribution in [-0.2, 0) is 29.2 Å². The minimum Gasteiger partial charge on any atom is -0.464 e. The van der Waals surface area contributed by atoms with E-state index in [0.717, 1.165) is 20.5 Å². The topological polar surface area (TPSA) is 135 Å². The fourth-order valence-corrected chi connectivity index (χ4v) is 4.12. The molecule has 0 aliphatic heterocycles. The van der Waals surface area contributed by atoms with E-state index in [1.807, 2.05) is 0 Å². The maximum absolute atomic E-state index is 12.8. The quantitative estimate of drug-likeness (QED) is 0.340. The van der Waals surface area contributed by atoms with Gasteiger partial charge in [-0.3, -0.25) is 4.79 Å². The van der Waals surface area contributed by atoms with Crippen molar-refractivity contribution < 1.29 is 18.7 Å². The molecule has 3 aromatic rings. The third kappa shape index (κ3) is 4.76. The Morgan fingerprint density at radius 3 is 2.24 bits per heavy atom. The normalized spacial score (nSPS) is 10.6. The van der Waals surface area contributed by atoms with E-state index in [1.54, 1.807) is 24.4 Å². The summed E-state index contributed by atoms with van der Waals surface area (Å²) in [5, 5.41) is 4.33. The molecule has 12 heteroatoms. The Hall–Kier alpha value is -4.19. The number of rotatable bonds is 10. The summed E-state index contributed by atoms with van der Waals surface area (Å²) in [7, 11) is 0. The SMILES string of the molecule is C=CCn1c(=O)n(CC=C)c(=O)n(CC(=O)Nc2scc(-c3ccco3)c2C(=O)OCC)c1=O. The fourth-order valence-electron chi connectivity index (χ4n) is 3.17. The van der Waals surface area contributed by atoms with E-state index in [2.05, 4.69) is 18.5 Å². The number of carbonyl (C=O) groups is 2. The molecule has 0 aliphatic rings. The van der Waals surface area contributed by atoms with E-state index < -0.39 is 35.5 Å². The summed E-state index contributed by atoms with van der Waals surface area (Å²) in [6, 6.07) is 3.31. The molecule has 0 fully saturated rings. The third-order valence-electron chi connectivity index (χ3n) is 4.62. The van der Waals surface area contributed by atoms with Crippen molar-refractivity contribution in [3.8, 4) is 11.3 Å². The maximum Gasteiger partial charge on any atom is 0.341 e. The van der Waals surface area contributed by atoms with Gasteiger partial charge in [-0.25, -0.2) is 32.9 Å². The predicted molar refractivity (Wildman–Crippen MR) is 126 cm³/mol. The van der Waals surface area contributed by atoms with Gasteiger partial charge in [0.1, 0.15) is 22.9 Å². The van der Waals surface area contributed by atoms with Crippen LogP contribution < -0.4 is 22.4 Å². The van der Waals surface area contributed by atoms with Crippen molar-refractivity contribution in [1.29, 1.82) is 0 Å². The summed E-state index contributed by atoms with van der Waals surface area (Å²) >= 11 is 1.06. The largest absolute Gasteiger partial charge is 0.464 e. The van der Waals surface area contributed by atoms with Gasteiger partial charge in [0, 0.05) is 10.9 Å². The first-order valence-electron chi connectivity index (χ1n) is 10.1. The smallest absolute Gasteiger partial charge is 0.341 e. The van der Waals surface area contributed by atoms with Crippen LogP contribution in [0.3, 0.4) is 0 Å². The monoisotopic (exact) mass is 486 g/mol. The van der Waals surface area contributed by atoms with Crippen LogP contribution in [0.1, 0.15) is 17.3 Å². The van der Waals surface area contributed by atoms with Crippen LogP contribution in [0, 0.1) is 0 Å². The Labute approximate surface area is 196 Å². The van der Waals surface area contributed by atoms with Gasteiger partial charge in [-0.05, 0) is 19.1 Å². The Balaban J connectivity index is 2.00. The van der Waals surface area contributed by atoms with Crippen molar-refractivity contribution in [2.45, 2.75) is 26.6 Å². The van der Waals surface area contributed by atoms with E-state index in [1.165, 1.54) is 18.4 Å². The van der Waals surface area contributed by atoms with E-state index in [0.29, 0.717) is 15.9 Å². The van der Waals surface area contributed by atoms with Crippen LogP contribution in [-0.4, -0.2) is 32.2 Å². The standard InChI is InChI=1S/C22H22N4O7S/c1-4-9-24-20(29)25(10-5-2)22(31)26(21(24)30)12-16(27)23-18-17(19(28)32-6-3)14(13-34-18)15-8-7-11-33-15/h4-5,7-8,11,13H,1-2,6,9-10,12H2,3H3,(H,23,27). The van der Waals surface area contributed by atoms with E-state index in [9.17, 15) is 24.0 Å². The molecular weight excluding hydrogens is 464 g/mol. The molecule has 1 amide bonds. The molecule has 0 spiro atoms. The fraction of sp³-hybridized carbons (Fsp3) is 0.227. The molecule has 178 valence electrons. The number of hydrogen-bond donors (Lipinski definition) is 1. The number of hydrogen-bond acceptors (Lipinski definition) is 8. The van der Waals surface area contributed by atoms with Gasteiger partial charge in [0.15, 0.2) is 0 Å². The first kappa shape index (κ1) is 24.5. The minimum absolute atomic E-state index is 0.0863. The van der Waals surface area contributed by atoms with Crippen molar-refractivity contribution >= 4 is 28.2 Å². The third-order valence-corrected chi connectivity index (χ3v) is 5.52. The summed E-state index contributed by atoms with van der Waals surface area (Å²) in [4.78, 5) is 63.4. The van der Waals surface area contributed by atoms with Gasteiger partial charge in [-0.2, -0.15) is 0 Å². The molecule has 0 saturated heterocycles. The molecule has 0 unspecified atom stereocenters. The second-order valence-corrected chi connectivity index (χ2v) is 7.71. The zero-order valence-electron chi connectivity index (χ0n) is 18.3. The van der Waals surface area contributed by atoms with Gasteiger partial charge in [0.05, 0.1) is 26.0 Å². The highest BCUT2D eigenvalue weighted by molar-refractivity contribution is 7.15. The molecule has 0 aliphatic carbocycles. The zero-order valence-corrected chi connectivity index (χ0v) is 19.1. The molecule has 0 aromatic carbocycles. The molecule has 11 nitrogen and oxygen atoms in total. The van der Waals surface area contributed by atoms with Crippen molar-refractivity contribution in [1.82, 2.24) is 13.7 Å². The van der Waals surface area contributed by atoms with Crippen LogP contribution >= 0.6 is 11.3 Å². The Morgan fingerprint density at radius 2 is 1.71 bits per heavy atom. The maximum atomic E-state index is 12.8. The van der Waals surface area contributed by atoms with Gasteiger partial charge >= 0.3 is 23.0 Å². The van der Waals surface area contributed by atoms with E-state index >= 15 is 0 Å². The second-order valence-electron chi connectivity index (χ2n) is 6.83. The molecule has 3 rings (SSSR count). The molecular formula is C22H22N4O7S. The number of furan rings is 1. The highest BCUT2D eigenvalue weighted by atomic mass is 32.1. The number of aromatic nitrogens is 3. The van der Waals surface area contributed by atoms with Crippen molar-refractivity contribution in [2.24, 2.45) is 0 Å². The molecule has 3 heterocycles. The number of esters is 1. The lowest BCUT2D eigenvalue weighted by atomic mass is 10.1. The molecule has 34 heavy (non-hydrogen) atoms. The number of allylic oxidation sites excluding steroid dienone is 2. The molecule has 0 radical (unpaired) electrons. The number of carbonyl (C=O) groups excluding carboxylic acids is 2.